The molecule has 1 aromatic rings. The van der Waals surface area contributed by atoms with Gasteiger partial charge in [-0.05, 0) is 55.8 Å². The van der Waals surface area contributed by atoms with Crippen LogP contribution < -0.4 is 5.32 Å². The van der Waals surface area contributed by atoms with Gasteiger partial charge in [0.05, 0.1) is 0 Å². The van der Waals surface area contributed by atoms with E-state index in [0.717, 1.165) is 13.0 Å². The molecule has 0 heterocycles. The smallest absolute Gasteiger partial charge is 0.0292 e. The first-order valence-corrected chi connectivity index (χ1v) is 6.27. The van der Waals surface area contributed by atoms with Crippen LogP contribution in [0.25, 0.3) is 0 Å². The molecule has 0 bridgehead atoms. The number of fused-ring (bicyclic) bond motifs is 1. The van der Waals surface area contributed by atoms with E-state index in [1.807, 2.05) is 6.08 Å². The van der Waals surface area contributed by atoms with Gasteiger partial charge in [0.1, 0.15) is 0 Å². The zero-order valence-electron chi connectivity index (χ0n) is 10.1. The molecule has 0 aliphatic heterocycles. The molecule has 16 heavy (non-hydrogen) atoms. The molecule has 1 unspecified atom stereocenters. The zero-order valence-corrected chi connectivity index (χ0v) is 10.1. The summed E-state index contributed by atoms with van der Waals surface area (Å²) >= 11 is 0. The molecule has 0 spiro atoms. The molecule has 1 N–H and O–H groups in total. The lowest BCUT2D eigenvalue weighted by Crippen LogP contribution is -2.19. The molecule has 2 rings (SSSR count). The van der Waals surface area contributed by atoms with Crippen LogP contribution >= 0.6 is 0 Å². The van der Waals surface area contributed by atoms with Gasteiger partial charge in [-0.15, -0.1) is 6.58 Å². The van der Waals surface area contributed by atoms with Crippen molar-refractivity contribution in [1.82, 2.24) is 5.32 Å². The van der Waals surface area contributed by atoms with Gasteiger partial charge < -0.3 is 5.32 Å². The average molecular weight is 215 g/mol. The van der Waals surface area contributed by atoms with Crippen LogP contribution in [0.15, 0.2) is 30.9 Å². The third-order valence-electron chi connectivity index (χ3n) is 3.42. The Morgan fingerprint density at radius 3 is 3.00 bits per heavy atom. The van der Waals surface area contributed by atoms with E-state index in [1.165, 1.54) is 24.8 Å². The molecule has 0 amide bonds. The van der Waals surface area contributed by atoms with Crippen molar-refractivity contribution in [1.29, 1.82) is 0 Å². The van der Waals surface area contributed by atoms with Crippen molar-refractivity contribution in [3.05, 3.63) is 47.5 Å². The minimum atomic E-state index is 0.450. The molecule has 0 saturated heterocycles. The Kier molecular flexibility index (Phi) is 3.79. The summed E-state index contributed by atoms with van der Waals surface area (Å²) < 4.78 is 0. The molecule has 0 radical (unpaired) electrons. The molecular formula is C15H21N. The van der Waals surface area contributed by atoms with Crippen molar-refractivity contribution >= 4 is 0 Å². The summed E-state index contributed by atoms with van der Waals surface area (Å²) in [6.07, 6.45) is 6.87. The van der Waals surface area contributed by atoms with E-state index in [4.69, 9.17) is 0 Å². The summed E-state index contributed by atoms with van der Waals surface area (Å²) in [6, 6.07) is 7.42. The monoisotopic (exact) mass is 215 g/mol. The normalized spacial score (nSPS) is 15.8. The van der Waals surface area contributed by atoms with Gasteiger partial charge in [-0.3, -0.25) is 0 Å². The quantitative estimate of drug-likeness (QED) is 0.586. The summed E-state index contributed by atoms with van der Waals surface area (Å²) in [5.74, 6) is 0. The van der Waals surface area contributed by atoms with Gasteiger partial charge in [0, 0.05) is 6.04 Å². The third kappa shape index (κ3) is 2.53. The summed E-state index contributed by atoms with van der Waals surface area (Å²) in [6.45, 7) is 6.99. The number of nitrogens with one attached hydrogen (secondary N) is 1. The molecule has 0 saturated carbocycles. The average Bonchev–Trinajstić information content (AvgIpc) is 2.76. The predicted molar refractivity (Wildman–Crippen MR) is 69.7 cm³/mol. The minimum absolute atomic E-state index is 0.450. The lowest BCUT2D eigenvalue weighted by atomic mass is 10.0. The maximum atomic E-state index is 3.74. The maximum absolute atomic E-state index is 3.74. The van der Waals surface area contributed by atoms with Gasteiger partial charge in [-0.2, -0.15) is 0 Å². The number of hydrogen-bond donors (Lipinski definition) is 1. The highest BCUT2D eigenvalue weighted by Gasteiger charge is 2.12. The van der Waals surface area contributed by atoms with Crippen molar-refractivity contribution in [2.75, 3.05) is 6.54 Å². The Hall–Kier alpha value is -1.08. The van der Waals surface area contributed by atoms with Gasteiger partial charge in [-0.25, -0.2) is 0 Å². The van der Waals surface area contributed by atoms with Crippen LogP contribution in [0.2, 0.25) is 0 Å². The Morgan fingerprint density at radius 1 is 1.38 bits per heavy atom. The van der Waals surface area contributed by atoms with Gasteiger partial charge in [0.15, 0.2) is 0 Å². The highest BCUT2D eigenvalue weighted by molar-refractivity contribution is 5.36. The molecule has 1 aliphatic rings. The van der Waals surface area contributed by atoms with Crippen molar-refractivity contribution in [2.24, 2.45) is 0 Å². The Bertz CT molecular complexity index is 368. The Labute approximate surface area is 98.6 Å². The van der Waals surface area contributed by atoms with E-state index in [1.54, 1.807) is 11.1 Å². The summed E-state index contributed by atoms with van der Waals surface area (Å²) in [5.41, 5.74) is 4.54. The van der Waals surface area contributed by atoms with Crippen LogP contribution in [-0.4, -0.2) is 6.54 Å². The Morgan fingerprint density at radius 2 is 2.19 bits per heavy atom. The summed E-state index contributed by atoms with van der Waals surface area (Å²) in [5, 5.41) is 3.52. The first-order valence-electron chi connectivity index (χ1n) is 6.27. The number of benzene rings is 1. The van der Waals surface area contributed by atoms with Crippen molar-refractivity contribution < 1.29 is 0 Å². The van der Waals surface area contributed by atoms with Crippen LogP contribution in [-0.2, 0) is 12.8 Å². The van der Waals surface area contributed by atoms with Gasteiger partial charge >= 0.3 is 0 Å². The second kappa shape index (κ2) is 5.31. The van der Waals surface area contributed by atoms with Crippen molar-refractivity contribution in [2.45, 2.75) is 38.6 Å². The SMILES string of the molecule is C=CCCNC(C)c1ccc2c(c1)CCC2. The fourth-order valence-corrected chi connectivity index (χ4v) is 2.38. The number of hydrogen-bond acceptors (Lipinski definition) is 1. The van der Waals surface area contributed by atoms with Crippen LogP contribution in [0.1, 0.15) is 42.5 Å². The lowest BCUT2D eigenvalue weighted by molar-refractivity contribution is 0.581. The maximum Gasteiger partial charge on any atom is 0.0292 e. The van der Waals surface area contributed by atoms with Crippen LogP contribution in [0.4, 0.5) is 0 Å². The molecule has 0 fully saturated rings. The van der Waals surface area contributed by atoms with E-state index < -0.39 is 0 Å². The topological polar surface area (TPSA) is 12.0 Å². The van der Waals surface area contributed by atoms with E-state index >= 15 is 0 Å². The van der Waals surface area contributed by atoms with Crippen molar-refractivity contribution in [3.8, 4) is 0 Å². The van der Waals surface area contributed by atoms with Crippen LogP contribution in [0, 0.1) is 0 Å². The van der Waals surface area contributed by atoms with Crippen molar-refractivity contribution in [3.63, 3.8) is 0 Å². The van der Waals surface area contributed by atoms with E-state index in [0.29, 0.717) is 6.04 Å². The molecule has 1 atom stereocenters. The predicted octanol–water partition coefficient (Wildman–Crippen LogP) is 3.40. The van der Waals surface area contributed by atoms with Crippen LogP contribution in [0.5, 0.6) is 0 Å². The molecule has 1 aromatic carbocycles. The van der Waals surface area contributed by atoms with Gasteiger partial charge in [0.2, 0.25) is 0 Å². The molecule has 1 heteroatoms. The largest absolute Gasteiger partial charge is 0.310 e. The number of rotatable bonds is 5. The second-order valence-electron chi connectivity index (χ2n) is 4.63. The highest BCUT2D eigenvalue weighted by atomic mass is 14.9. The van der Waals surface area contributed by atoms with Crippen LogP contribution in [0.3, 0.4) is 0 Å². The fraction of sp³-hybridized carbons (Fsp3) is 0.467. The molecule has 0 aromatic heterocycles. The minimum Gasteiger partial charge on any atom is -0.310 e. The highest BCUT2D eigenvalue weighted by Crippen LogP contribution is 2.25. The van der Waals surface area contributed by atoms with E-state index in [2.05, 4.69) is 37.0 Å². The first-order chi connectivity index (χ1) is 7.81. The molecule has 1 aliphatic carbocycles. The Balaban J connectivity index is 2.00. The summed E-state index contributed by atoms with van der Waals surface area (Å²) in [4.78, 5) is 0. The standard InChI is InChI=1S/C15H21N/c1-3-4-10-16-12(2)14-9-8-13-6-5-7-15(13)11-14/h3,8-9,11-12,16H,1,4-7,10H2,2H3. The number of aryl methyl sites for hydroxylation is 2. The first kappa shape index (κ1) is 11.4. The molecule has 86 valence electrons. The molecular weight excluding hydrogens is 194 g/mol. The zero-order chi connectivity index (χ0) is 11.4. The lowest BCUT2D eigenvalue weighted by Gasteiger charge is -2.14. The second-order valence-corrected chi connectivity index (χ2v) is 4.63. The van der Waals surface area contributed by atoms with Gasteiger partial charge in [-0.1, -0.05) is 24.3 Å². The van der Waals surface area contributed by atoms with Gasteiger partial charge in [0.25, 0.3) is 0 Å². The van der Waals surface area contributed by atoms with E-state index in [9.17, 15) is 0 Å². The fourth-order valence-electron chi connectivity index (χ4n) is 2.38. The molecule has 1 nitrogen and oxygen atoms in total. The van der Waals surface area contributed by atoms with E-state index in [-0.39, 0.29) is 0 Å². The third-order valence-corrected chi connectivity index (χ3v) is 3.42. The summed E-state index contributed by atoms with van der Waals surface area (Å²) in [7, 11) is 0.